The van der Waals surface area contributed by atoms with Crippen LogP contribution < -0.4 is 0 Å². The molecule has 0 bridgehead atoms. The van der Waals surface area contributed by atoms with Crippen LogP contribution in [0, 0.1) is 0 Å². The van der Waals surface area contributed by atoms with Crippen LogP contribution in [0.2, 0.25) is 5.02 Å². The zero-order valence-corrected chi connectivity index (χ0v) is 12.1. The van der Waals surface area contributed by atoms with Gasteiger partial charge in [-0.25, -0.2) is 4.98 Å². The van der Waals surface area contributed by atoms with Crippen LogP contribution in [0.15, 0.2) is 18.2 Å². The van der Waals surface area contributed by atoms with Crippen molar-refractivity contribution in [1.82, 2.24) is 9.55 Å². The topological polar surface area (TPSA) is 17.8 Å². The number of benzene rings is 1. The Hall–Kier alpha value is -0.380. The van der Waals surface area contributed by atoms with E-state index in [1.807, 2.05) is 30.0 Å². The van der Waals surface area contributed by atoms with Gasteiger partial charge in [0, 0.05) is 16.8 Å². The number of aromatic nitrogens is 2. The number of fused-ring (bicyclic) bond motifs is 1. The molecule has 0 aliphatic carbocycles. The molecule has 2 rings (SSSR count). The first kappa shape index (κ1) is 13.1. The summed E-state index contributed by atoms with van der Waals surface area (Å²) >= 11 is 13.8. The number of halogens is 2. The van der Waals surface area contributed by atoms with Crippen LogP contribution in [-0.2, 0) is 12.4 Å². The van der Waals surface area contributed by atoms with Crippen molar-refractivity contribution in [2.24, 2.45) is 0 Å². The molecule has 0 amide bonds. The van der Waals surface area contributed by atoms with E-state index < -0.39 is 0 Å². The number of alkyl halides is 1. The van der Waals surface area contributed by atoms with E-state index in [2.05, 4.69) is 22.7 Å². The maximum absolute atomic E-state index is 5.97. The molecule has 0 saturated heterocycles. The SMILES string of the molecule is CSC(C)Cn1c(CCl)nc2cc(Cl)ccc21. The maximum Gasteiger partial charge on any atom is 0.124 e. The third-order valence-electron chi connectivity index (χ3n) is 2.75. The van der Waals surface area contributed by atoms with Crippen molar-refractivity contribution in [3.8, 4) is 0 Å². The lowest BCUT2D eigenvalue weighted by Crippen LogP contribution is -2.11. The summed E-state index contributed by atoms with van der Waals surface area (Å²) in [5, 5.41) is 1.24. The Kier molecular flexibility index (Phi) is 4.23. The maximum atomic E-state index is 5.97. The molecule has 0 aliphatic heterocycles. The molecule has 1 atom stereocenters. The highest BCUT2D eigenvalue weighted by atomic mass is 35.5. The van der Waals surface area contributed by atoms with E-state index in [0.717, 1.165) is 23.4 Å². The number of hydrogen-bond donors (Lipinski definition) is 0. The first-order chi connectivity index (χ1) is 8.15. The van der Waals surface area contributed by atoms with Gasteiger partial charge in [-0.3, -0.25) is 0 Å². The van der Waals surface area contributed by atoms with E-state index in [1.165, 1.54) is 0 Å². The highest BCUT2D eigenvalue weighted by Gasteiger charge is 2.12. The summed E-state index contributed by atoms with van der Waals surface area (Å²) in [5.41, 5.74) is 2.02. The third kappa shape index (κ3) is 2.72. The normalized spacial score (nSPS) is 13.2. The second-order valence-corrected chi connectivity index (χ2v) is 5.93. The van der Waals surface area contributed by atoms with Gasteiger partial charge >= 0.3 is 0 Å². The summed E-state index contributed by atoms with van der Waals surface area (Å²) in [7, 11) is 0. The molecule has 1 heterocycles. The van der Waals surface area contributed by atoms with E-state index in [4.69, 9.17) is 23.2 Å². The van der Waals surface area contributed by atoms with Gasteiger partial charge in [0.1, 0.15) is 5.82 Å². The van der Waals surface area contributed by atoms with Crippen LogP contribution in [0.3, 0.4) is 0 Å². The molecule has 92 valence electrons. The Labute approximate surface area is 115 Å². The summed E-state index contributed by atoms with van der Waals surface area (Å²) in [5.74, 6) is 1.33. The Morgan fingerprint density at radius 1 is 1.47 bits per heavy atom. The van der Waals surface area contributed by atoms with Crippen LogP contribution in [0.25, 0.3) is 11.0 Å². The Bertz CT molecular complexity index is 524. The number of rotatable bonds is 4. The van der Waals surface area contributed by atoms with E-state index in [-0.39, 0.29) is 0 Å². The highest BCUT2D eigenvalue weighted by Crippen LogP contribution is 2.23. The zero-order valence-electron chi connectivity index (χ0n) is 9.78. The molecule has 0 spiro atoms. The fourth-order valence-electron chi connectivity index (χ4n) is 1.79. The minimum absolute atomic E-state index is 0.424. The Morgan fingerprint density at radius 3 is 2.88 bits per heavy atom. The molecule has 2 aromatic rings. The van der Waals surface area contributed by atoms with Gasteiger partial charge in [0.05, 0.1) is 16.9 Å². The molecule has 0 aliphatic rings. The molecular weight excluding hydrogens is 275 g/mol. The van der Waals surface area contributed by atoms with Gasteiger partial charge in [-0.2, -0.15) is 11.8 Å². The lowest BCUT2D eigenvalue weighted by molar-refractivity contribution is 0.685. The first-order valence-corrected chi connectivity index (χ1v) is 7.59. The molecule has 1 aromatic carbocycles. The van der Waals surface area contributed by atoms with Crippen LogP contribution in [0.5, 0.6) is 0 Å². The quantitative estimate of drug-likeness (QED) is 0.786. The standard InChI is InChI=1S/C12H14Cl2N2S/c1-8(17-2)7-16-11-4-3-9(14)5-10(11)15-12(16)6-13/h3-5,8H,6-7H2,1-2H3. The van der Waals surface area contributed by atoms with Crippen molar-refractivity contribution in [1.29, 1.82) is 0 Å². The molecule has 0 saturated carbocycles. The second kappa shape index (κ2) is 5.51. The minimum atomic E-state index is 0.424. The third-order valence-corrected chi connectivity index (χ3v) is 4.18. The molecule has 17 heavy (non-hydrogen) atoms. The first-order valence-electron chi connectivity index (χ1n) is 5.39. The van der Waals surface area contributed by atoms with Crippen molar-refractivity contribution in [2.75, 3.05) is 6.26 Å². The zero-order chi connectivity index (χ0) is 12.4. The molecule has 1 unspecified atom stereocenters. The van der Waals surface area contributed by atoms with Crippen LogP contribution in [0.1, 0.15) is 12.7 Å². The van der Waals surface area contributed by atoms with Crippen LogP contribution in [-0.4, -0.2) is 21.1 Å². The average molecular weight is 289 g/mol. The lowest BCUT2D eigenvalue weighted by atomic mass is 10.3. The lowest BCUT2D eigenvalue weighted by Gasteiger charge is -2.12. The van der Waals surface area contributed by atoms with Crippen molar-refractivity contribution in [3.63, 3.8) is 0 Å². The van der Waals surface area contributed by atoms with Crippen LogP contribution >= 0.6 is 35.0 Å². The second-order valence-electron chi connectivity index (χ2n) is 3.95. The predicted octanol–water partition coefficient (Wildman–Crippen LogP) is 4.18. The molecular formula is C12H14Cl2N2S. The molecule has 1 aromatic heterocycles. The summed E-state index contributed by atoms with van der Waals surface area (Å²) in [4.78, 5) is 4.52. The van der Waals surface area contributed by atoms with E-state index >= 15 is 0 Å². The Balaban J connectivity index is 2.50. The molecule has 0 radical (unpaired) electrons. The van der Waals surface area contributed by atoms with Gasteiger partial charge in [0.15, 0.2) is 0 Å². The van der Waals surface area contributed by atoms with Crippen molar-refractivity contribution in [2.45, 2.75) is 24.6 Å². The summed E-state index contributed by atoms with van der Waals surface area (Å²) in [6.45, 7) is 3.12. The summed E-state index contributed by atoms with van der Waals surface area (Å²) < 4.78 is 2.18. The fourth-order valence-corrected chi connectivity index (χ4v) is 2.46. The number of hydrogen-bond acceptors (Lipinski definition) is 2. The van der Waals surface area contributed by atoms with Gasteiger partial charge in [-0.1, -0.05) is 18.5 Å². The smallest absolute Gasteiger partial charge is 0.124 e. The molecule has 5 heteroatoms. The van der Waals surface area contributed by atoms with Crippen molar-refractivity contribution in [3.05, 3.63) is 29.0 Å². The summed E-state index contributed by atoms with van der Waals surface area (Å²) in [6, 6.07) is 5.78. The summed E-state index contributed by atoms with van der Waals surface area (Å²) in [6.07, 6.45) is 2.11. The largest absolute Gasteiger partial charge is 0.326 e. The van der Waals surface area contributed by atoms with E-state index in [1.54, 1.807) is 0 Å². The Morgan fingerprint density at radius 2 is 2.24 bits per heavy atom. The van der Waals surface area contributed by atoms with Crippen molar-refractivity contribution < 1.29 is 0 Å². The van der Waals surface area contributed by atoms with E-state index in [0.29, 0.717) is 16.2 Å². The van der Waals surface area contributed by atoms with Gasteiger partial charge in [-0.05, 0) is 24.5 Å². The monoisotopic (exact) mass is 288 g/mol. The van der Waals surface area contributed by atoms with Gasteiger partial charge in [0.25, 0.3) is 0 Å². The molecule has 0 N–H and O–H groups in total. The van der Waals surface area contributed by atoms with Gasteiger partial charge < -0.3 is 4.57 Å². The molecule has 2 nitrogen and oxygen atoms in total. The van der Waals surface area contributed by atoms with Gasteiger partial charge in [0.2, 0.25) is 0 Å². The minimum Gasteiger partial charge on any atom is -0.326 e. The number of nitrogens with zero attached hydrogens (tertiary/aromatic N) is 2. The van der Waals surface area contributed by atoms with Crippen molar-refractivity contribution >= 4 is 46.0 Å². The number of imidazole rings is 1. The number of thioether (sulfide) groups is 1. The van der Waals surface area contributed by atoms with E-state index in [9.17, 15) is 0 Å². The average Bonchev–Trinajstić information content (AvgIpc) is 2.66. The van der Waals surface area contributed by atoms with Gasteiger partial charge in [-0.15, -0.1) is 11.6 Å². The highest BCUT2D eigenvalue weighted by molar-refractivity contribution is 7.99. The fraction of sp³-hybridized carbons (Fsp3) is 0.417. The predicted molar refractivity (Wildman–Crippen MR) is 77.3 cm³/mol. The van der Waals surface area contributed by atoms with Crippen LogP contribution in [0.4, 0.5) is 0 Å². The molecule has 0 fully saturated rings.